The van der Waals surface area contributed by atoms with Crippen LogP contribution in [-0.2, 0) is 9.84 Å². The molecule has 0 fully saturated rings. The molecule has 7 nitrogen and oxygen atoms in total. The Bertz CT molecular complexity index is 944. The number of hydrogen-bond donors (Lipinski definition) is 1. The molecule has 146 valence electrons. The van der Waals surface area contributed by atoms with Gasteiger partial charge >= 0.3 is 0 Å². The third kappa shape index (κ3) is 4.77. The van der Waals surface area contributed by atoms with Gasteiger partial charge in [0.1, 0.15) is 16.5 Å². The maximum Gasteiger partial charge on any atom is 0.288 e. The predicted molar refractivity (Wildman–Crippen MR) is 97.5 cm³/mol. The normalized spacial score (nSPS) is 12.8. The first-order chi connectivity index (χ1) is 12.5. The molecule has 0 radical (unpaired) electrons. The molecule has 0 aliphatic rings. The monoisotopic (exact) mass is 399 g/mol. The fraction of sp³-hybridized carbons (Fsp3) is 0.294. The summed E-state index contributed by atoms with van der Waals surface area (Å²) in [7, 11) is -0.536. The molecule has 0 saturated carbocycles. The Labute approximate surface area is 155 Å². The molecule has 1 atom stereocenters. The fourth-order valence-electron chi connectivity index (χ4n) is 2.66. The van der Waals surface area contributed by atoms with Crippen LogP contribution in [0.3, 0.4) is 0 Å². The number of nitrogens with one attached hydrogen (secondary N) is 1. The van der Waals surface area contributed by atoms with E-state index in [1.165, 1.54) is 12.1 Å². The lowest BCUT2D eigenvalue weighted by Crippen LogP contribution is -2.28. The number of anilines is 1. The van der Waals surface area contributed by atoms with Crippen LogP contribution in [0.5, 0.6) is 0 Å². The van der Waals surface area contributed by atoms with Crippen LogP contribution in [0.15, 0.2) is 41.3 Å². The van der Waals surface area contributed by atoms with Gasteiger partial charge in [0.2, 0.25) is 0 Å². The number of halogens is 2. The number of nitro groups is 1. The van der Waals surface area contributed by atoms with Gasteiger partial charge in [0.15, 0.2) is 9.84 Å². The number of likely N-dealkylation sites (N-methyl/N-ethyl adjacent to an activating group) is 1. The van der Waals surface area contributed by atoms with Crippen molar-refractivity contribution in [3.05, 3.63) is 63.7 Å². The summed E-state index contributed by atoms with van der Waals surface area (Å²) in [5.74, 6) is -1.40. The number of benzene rings is 2. The van der Waals surface area contributed by atoms with Crippen molar-refractivity contribution in [2.24, 2.45) is 0 Å². The minimum Gasteiger partial charge on any atom is -0.383 e. The molecule has 0 saturated heterocycles. The third-order valence-electron chi connectivity index (χ3n) is 4.01. The minimum absolute atomic E-state index is 0.0475. The molecule has 1 N–H and O–H groups in total. The van der Waals surface area contributed by atoms with Gasteiger partial charge in [-0.25, -0.2) is 17.2 Å². The summed E-state index contributed by atoms with van der Waals surface area (Å²) in [6.45, 7) is 0.0475. The van der Waals surface area contributed by atoms with E-state index < -0.39 is 43.0 Å². The van der Waals surface area contributed by atoms with Gasteiger partial charge in [-0.15, -0.1) is 0 Å². The van der Waals surface area contributed by atoms with Crippen LogP contribution in [0.2, 0.25) is 0 Å². The van der Waals surface area contributed by atoms with E-state index in [0.717, 1.165) is 30.5 Å². The van der Waals surface area contributed by atoms with E-state index in [4.69, 9.17) is 0 Å². The lowest BCUT2D eigenvalue weighted by atomic mass is 10.0. The van der Waals surface area contributed by atoms with E-state index in [2.05, 4.69) is 5.32 Å². The van der Waals surface area contributed by atoms with Crippen molar-refractivity contribution >= 4 is 21.2 Å². The lowest BCUT2D eigenvalue weighted by molar-refractivity contribution is -0.387. The smallest absolute Gasteiger partial charge is 0.288 e. The zero-order valence-corrected chi connectivity index (χ0v) is 15.8. The quantitative estimate of drug-likeness (QED) is 0.568. The fourth-order valence-corrected chi connectivity index (χ4v) is 3.52. The van der Waals surface area contributed by atoms with E-state index in [1.54, 1.807) is 19.0 Å². The molecule has 0 aliphatic heterocycles. The molecule has 2 rings (SSSR count). The molecule has 0 amide bonds. The second kappa shape index (κ2) is 7.97. The Morgan fingerprint density at radius 2 is 1.78 bits per heavy atom. The number of hydrogen-bond acceptors (Lipinski definition) is 6. The summed E-state index contributed by atoms with van der Waals surface area (Å²) < 4.78 is 51.9. The van der Waals surface area contributed by atoms with E-state index in [9.17, 15) is 27.3 Å². The highest BCUT2D eigenvalue weighted by Crippen LogP contribution is 2.29. The van der Waals surface area contributed by atoms with Gasteiger partial charge in [-0.3, -0.25) is 10.1 Å². The number of sulfone groups is 1. The van der Waals surface area contributed by atoms with Gasteiger partial charge in [0.05, 0.1) is 11.0 Å². The van der Waals surface area contributed by atoms with Gasteiger partial charge in [-0.1, -0.05) is 6.07 Å². The van der Waals surface area contributed by atoms with Crippen molar-refractivity contribution in [2.45, 2.75) is 10.9 Å². The summed E-state index contributed by atoms with van der Waals surface area (Å²) in [6, 6.07) is 6.44. The Kier molecular flexibility index (Phi) is 6.11. The highest BCUT2D eigenvalue weighted by Gasteiger charge is 2.24. The molecule has 0 aromatic heterocycles. The molecule has 0 aliphatic carbocycles. The number of rotatable bonds is 7. The second-order valence-electron chi connectivity index (χ2n) is 6.21. The van der Waals surface area contributed by atoms with Crippen molar-refractivity contribution in [2.75, 3.05) is 32.2 Å². The van der Waals surface area contributed by atoms with Crippen LogP contribution >= 0.6 is 0 Å². The van der Waals surface area contributed by atoms with E-state index in [-0.39, 0.29) is 17.8 Å². The van der Waals surface area contributed by atoms with Crippen molar-refractivity contribution in [1.82, 2.24) is 4.90 Å². The highest BCUT2D eigenvalue weighted by molar-refractivity contribution is 7.90. The first-order valence-corrected chi connectivity index (χ1v) is 9.74. The Morgan fingerprint density at radius 1 is 1.19 bits per heavy atom. The van der Waals surface area contributed by atoms with Crippen molar-refractivity contribution in [3.63, 3.8) is 0 Å². The van der Waals surface area contributed by atoms with Crippen LogP contribution in [0, 0.1) is 21.7 Å². The number of nitrogens with zero attached hydrogens (tertiary/aromatic N) is 2. The van der Waals surface area contributed by atoms with Crippen LogP contribution < -0.4 is 5.32 Å². The highest BCUT2D eigenvalue weighted by atomic mass is 32.2. The Morgan fingerprint density at radius 3 is 2.26 bits per heavy atom. The van der Waals surface area contributed by atoms with E-state index in [0.29, 0.717) is 0 Å². The Hall–Kier alpha value is -2.59. The minimum atomic E-state index is -3.83. The maximum atomic E-state index is 14.1. The topological polar surface area (TPSA) is 92.5 Å². The first kappa shape index (κ1) is 20.7. The summed E-state index contributed by atoms with van der Waals surface area (Å²) in [6.07, 6.45) is 0.871. The molecule has 2 aromatic carbocycles. The van der Waals surface area contributed by atoms with Crippen molar-refractivity contribution < 1.29 is 22.1 Å². The summed E-state index contributed by atoms with van der Waals surface area (Å²) >= 11 is 0. The van der Waals surface area contributed by atoms with Gasteiger partial charge in [-0.05, 0) is 38.4 Å². The van der Waals surface area contributed by atoms with Crippen molar-refractivity contribution in [1.29, 1.82) is 0 Å². The molecule has 10 heteroatoms. The van der Waals surface area contributed by atoms with Crippen LogP contribution in [-0.4, -0.2) is 45.1 Å². The maximum absolute atomic E-state index is 14.1. The van der Waals surface area contributed by atoms with Gasteiger partial charge in [0, 0.05) is 30.1 Å². The van der Waals surface area contributed by atoms with Crippen LogP contribution in [0.4, 0.5) is 20.2 Å². The van der Waals surface area contributed by atoms with Crippen molar-refractivity contribution in [3.8, 4) is 0 Å². The first-order valence-electron chi connectivity index (χ1n) is 7.85. The largest absolute Gasteiger partial charge is 0.383 e. The molecule has 0 spiro atoms. The zero-order chi connectivity index (χ0) is 20.4. The van der Waals surface area contributed by atoms with Gasteiger partial charge in [-0.2, -0.15) is 0 Å². The SMILES string of the molecule is CN(C)C(CNc1ccc([N+](=O)[O-])c(S(C)(=O)=O)c1)c1c(F)cccc1F. The molecule has 2 aromatic rings. The molecular weight excluding hydrogens is 380 g/mol. The average Bonchev–Trinajstić information content (AvgIpc) is 2.56. The average molecular weight is 399 g/mol. The van der Waals surface area contributed by atoms with Gasteiger partial charge < -0.3 is 10.2 Å². The third-order valence-corrected chi connectivity index (χ3v) is 5.14. The molecule has 0 heterocycles. The Balaban J connectivity index is 2.35. The predicted octanol–water partition coefficient (Wildman–Crippen LogP) is 2.99. The lowest BCUT2D eigenvalue weighted by Gasteiger charge is -2.26. The summed E-state index contributed by atoms with van der Waals surface area (Å²) in [5.41, 5.74) is -0.378. The molecule has 0 bridgehead atoms. The molecular formula is C17H19F2N3O4S. The second-order valence-corrected chi connectivity index (χ2v) is 8.19. The standard InChI is InChI=1S/C17H19F2N3O4S/c1-21(2)15(17-12(18)5-4-6-13(17)19)10-20-11-7-8-14(22(23)24)16(9-11)27(3,25)26/h4-9,15,20H,10H2,1-3H3. The van der Waals surface area contributed by atoms with Gasteiger partial charge in [0.25, 0.3) is 5.69 Å². The molecule has 27 heavy (non-hydrogen) atoms. The van der Waals surface area contributed by atoms with Crippen LogP contribution in [0.25, 0.3) is 0 Å². The number of nitro benzene ring substituents is 1. The molecule has 1 unspecified atom stereocenters. The van der Waals surface area contributed by atoms with E-state index in [1.807, 2.05) is 0 Å². The zero-order valence-electron chi connectivity index (χ0n) is 14.9. The van der Waals surface area contributed by atoms with E-state index >= 15 is 0 Å². The summed E-state index contributed by atoms with van der Waals surface area (Å²) in [4.78, 5) is 11.4. The summed E-state index contributed by atoms with van der Waals surface area (Å²) in [5, 5.41) is 13.9. The van der Waals surface area contributed by atoms with Crippen LogP contribution in [0.1, 0.15) is 11.6 Å².